The summed E-state index contributed by atoms with van der Waals surface area (Å²) in [7, 11) is 0.380. The number of rotatable bonds is 0. The molecule has 0 saturated carbocycles. The summed E-state index contributed by atoms with van der Waals surface area (Å²) >= 11 is 0. The second kappa shape index (κ2) is 39.6. The molecule has 0 rings (SSSR count). The van der Waals surface area contributed by atoms with Crippen LogP contribution in [0.3, 0.4) is 0 Å². The summed E-state index contributed by atoms with van der Waals surface area (Å²) < 4.78 is 0. The maximum Gasteiger partial charge on any atom is -0.0449 e. The lowest BCUT2D eigenvalue weighted by Crippen LogP contribution is -1.48. The van der Waals surface area contributed by atoms with Crippen LogP contribution >= 0.6 is 7.92 Å². The van der Waals surface area contributed by atoms with Gasteiger partial charge in [-0.3, -0.25) is 0 Å². The molecule has 0 amide bonds. The van der Waals surface area contributed by atoms with Gasteiger partial charge in [0.15, 0.2) is 0 Å². The molecule has 0 radical (unpaired) electrons. The first-order valence-electron chi connectivity index (χ1n) is 1.34. The number of hydrogen-bond donors (Lipinski definition) is 0. The zero-order valence-corrected chi connectivity index (χ0v) is 4.34. The SMILES string of the molecule is C.C.C.C.C.CP(C)C. The Balaban J connectivity index is -0.00000000450. The lowest BCUT2D eigenvalue weighted by Gasteiger charge is -1.81. The van der Waals surface area contributed by atoms with Crippen LogP contribution in [0.5, 0.6) is 0 Å². The first-order chi connectivity index (χ1) is 1.73. The minimum Gasteiger partial charge on any atom is -0.116 e. The van der Waals surface area contributed by atoms with Crippen LogP contribution in [0, 0.1) is 0 Å². The Morgan fingerprint density at radius 2 is 0.556 bits per heavy atom. The van der Waals surface area contributed by atoms with Crippen LogP contribution in [0.4, 0.5) is 0 Å². The summed E-state index contributed by atoms with van der Waals surface area (Å²) in [6.07, 6.45) is 0. The minimum absolute atomic E-state index is 0. The summed E-state index contributed by atoms with van der Waals surface area (Å²) in [5.41, 5.74) is 0. The average molecular weight is 156 g/mol. The lowest BCUT2D eigenvalue weighted by molar-refractivity contribution is 2.13. The van der Waals surface area contributed by atoms with E-state index in [4.69, 9.17) is 0 Å². The van der Waals surface area contributed by atoms with Gasteiger partial charge in [0.1, 0.15) is 0 Å². The van der Waals surface area contributed by atoms with E-state index in [2.05, 4.69) is 20.0 Å². The molecule has 1 heteroatoms. The molecule has 0 atom stereocenters. The summed E-state index contributed by atoms with van der Waals surface area (Å²) in [6, 6.07) is 0. The van der Waals surface area contributed by atoms with Crippen molar-refractivity contribution < 1.29 is 0 Å². The van der Waals surface area contributed by atoms with Crippen molar-refractivity contribution in [2.45, 2.75) is 37.1 Å². The van der Waals surface area contributed by atoms with Crippen LogP contribution in [0.15, 0.2) is 0 Å². The van der Waals surface area contributed by atoms with Crippen molar-refractivity contribution in [3.63, 3.8) is 0 Å². The molecule has 0 heterocycles. The summed E-state index contributed by atoms with van der Waals surface area (Å²) in [5, 5.41) is 0. The van der Waals surface area contributed by atoms with E-state index in [1.165, 1.54) is 0 Å². The number of hydrogen-bond acceptors (Lipinski definition) is 0. The molecule has 9 heavy (non-hydrogen) atoms. The van der Waals surface area contributed by atoms with E-state index >= 15 is 0 Å². The molecule has 0 aliphatic rings. The Labute approximate surface area is 65.8 Å². The Kier molecular flexibility index (Phi) is 250. The van der Waals surface area contributed by atoms with Crippen LogP contribution in [0.25, 0.3) is 0 Å². The van der Waals surface area contributed by atoms with Crippen molar-refractivity contribution in [2.75, 3.05) is 20.0 Å². The molecule has 0 aliphatic carbocycles. The molecule has 0 fully saturated rings. The normalized spacial score (nSPS) is 4.00. The van der Waals surface area contributed by atoms with Crippen LogP contribution in [-0.4, -0.2) is 20.0 Å². The maximum absolute atomic E-state index is 2.23. The first-order valence-corrected chi connectivity index (χ1v) is 4.02. The molecule has 0 unspecified atom stereocenters. The molecule has 0 aromatic carbocycles. The topological polar surface area (TPSA) is 0 Å². The van der Waals surface area contributed by atoms with Crippen LogP contribution in [0.2, 0.25) is 0 Å². The molecule has 0 nitrogen and oxygen atoms in total. The van der Waals surface area contributed by atoms with Gasteiger partial charge in [-0.25, -0.2) is 0 Å². The fourth-order valence-corrected chi connectivity index (χ4v) is 0. The standard InChI is InChI=1S/C3H9P.5CH4/c1-4(2)3;;;;;/h1-3H3;5*1H4. The van der Waals surface area contributed by atoms with Crippen molar-refractivity contribution in [1.29, 1.82) is 0 Å². The highest BCUT2D eigenvalue weighted by atomic mass is 31.1. The van der Waals surface area contributed by atoms with Gasteiger partial charge in [0.2, 0.25) is 0 Å². The summed E-state index contributed by atoms with van der Waals surface area (Å²) in [5.74, 6) is 0. The molecule has 0 N–H and O–H groups in total. The predicted molar refractivity (Wildman–Crippen MR) is 58.3 cm³/mol. The van der Waals surface area contributed by atoms with Gasteiger partial charge in [0.25, 0.3) is 0 Å². The highest BCUT2D eigenvalue weighted by molar-refractivity contribution is 7.55. The molecule has 0 spiro atoms. The van der Waals surface area contributed by atoms with Gasteiger partial charge in [-0.2, -0.15) is 0 Å². The fraction of sp³-hybridized carbons (Fsp3) is 1.00. The molecular formula is C8H29P. The molecule has 66 valence electrons. The van der Waals surface area contributed by atoms with Crippen molar-refractivity contribution >= 4 is 7.92 Å². The van der Waals surface area contributed by atoms with Gasteiger partial charge in [-0.15, -0.1) is 7.92 Å². The highest BCUT2D eigenvalue weighted by Crippen LogP contribution is 2.14. The predicted octanol–water partition coefficient (Wildman–Crippen LogP) is 4.54. The zero-order valence-electron chi connectivity index (χ0n) is 3.45. The minimum atomic E-state index is 0. The Morgan fingerprint density at radius 1 is 0.556 bits per heavy atom. The van der Waals surface area contributed by atoms with Crippen LogP contribution < -0.4 is 0 Å². The van der Waals surface area contributed by atoms with E-state index in [1.54, 1.807) is 0 Å². The third kappa shape index (κ3) is 1890. The summed E-state index contributed by atoms with van der Waals surface area (Å²) in [4.78, 5) is 0. The van der Waals surface area contributed by atoms with Gasteiger partial charge in [0.05, 0.1) is 0 Å². The third-order valence-electron chi connectivity index (χ3n) is 0. The molecule has 0 aromatic heterocycles. The van der Waals surface area contributed by atoms with Gasteiger partial charge >= 0.3 is 0 Å². The van der Waals surface area contributed by atoms with Gasteiger partial charge in [-0.1, -0.05) is 37.1 Å². The van der Waals surface area contributed by atoms with E-state index < -0.39 is 0 Å². The van der Waals surface area contributed by atoms with E-state index in [9.17, 15) is 0 Å². The van der Waals surface area contributed by atoms with E-state index in [1.807, 2.05) is 0 Å². The zero-order chi connectivity index (χ0) is 3.58. The largest absolute Gasteiger partial charge is 0.116 e. The lowest BCUT2D eigenvalue weighted by atomic mass is 11.9. The van der Waals surface area contributed by atoms with E-state index in [0.717, 1.165) is 0 Å². The summed E-state index contributed by atoms with van der Waals surface area (Å²) in [6.45, 7) is 6.69. The molecule has 0 aliphatic heterocycles. The average Bonchev–Trinajstić information content (AvgIpc) is 0.811. The maximum atomic E-state index is 2.23. The Bertz CT molecular complexity index is 9.28. The van der Waals surface area contributed by atoms with Crippen LogP contribution in [0.1, 0.15) is 37.1 Å². The van der Waals surface area contributed by atoms with Crippen LogP contribution in [-0.2, 0) is 0 Å². The molecular weight excluding hydrogens is 127 g/mol. The van der Waals surface area contributed by atoms with Crippen molar-refractivity contribution in [3.8, 4) is 0 Å². The first kappa shape index (κ1) is 57.0. The van der Waals surface area contributed by atoms with E-state index in [0.29, 0.717) is 7.92 Å². The third-order valence-corrected chi connectivity index (χ3v) is 0. The second-order valence-electron chi connectivity index (χ2n) is 1.34. The monoisotopic (exact) mass is 156 g/mol. The van der Waals surface area contributed by atoms with Crippen molar-refractivity contribution in [1.82, 2.24) is 0 Å². The highest BCUT2D eigenvalue weighted by Gasteiger charge is 1.65. The van der Waals surface area contributed by atoms with Gasteiger partial charge in [-0.05, 0) is 20.0 Å². The molecule has 0 bridgehead atoms. The van der Waals surface area contributed by atoms with E-state index in [-0.39, 0.29) is 37.1 Å². The smallest absolute Gasteiger partial charge is 0.0449 e. The quantitative estimate of drug-likeness (QED) is 0.452. The molecule has 0 saturated heterocycles. The fourth-order valence-electron chi connectivity index (χ4n) is 0. The Morgan fingerprint density at radius 3 is 0.556 bits per heavy atom. The van der Waals surface area contributed by atoms with Crippen molar-refractivity contribution in [2.24, 2.45) is 0 Å². The van der Waals surface area contributed by atoms with Gasteiger partial charge < -0.3 is 0 Å². The van der Waals surface area contributed by atoms with Gasteiger partial charge in [0, 0.05) is 0 Å². The molecule has 0 aromatic rings. The van der Waals surface area contributed by atoms with Crippen molar-refractivity contribution in [3.05, 3.63) is 0 Å². The Hall–Kier alpha value is 0.430. The second-order valence-corrected chi connectivity index (χ2v) is 4.02.